The van der Waals surface area contributed by atoms with Crippen LogP contribution in [0.2, 0.25) is 0 Å². The van der Waals surface area contributed by atoms with Gasteiger partial charge in [0.1, 0.15) is 5.75 Å². The normalized spacial score (nSPS) is 18.3. The highest BCUT2D eigenvalue weighted by molar-refractivity contribution is 5.80. The molecule has 1 aliphatic rings. The van der Waals surface area contributed by atoms with Crippen LogP contribution in [-0.4, -0.2) is 36.4 Å². The van der Waals surface area contributed by atoms with E-state index in [0.717, 1.165) is 12.8 Å². The molecule has 1 aromatic rings. The van der Waals surface area contributed by atoms with E-state index in [2.05, 4.69) is 0 Å². The number of anilines is 1. The summed E-state index contributed by atoms with van der Waals surface area (Å²) in [7, 11) is 0. The second kappa shape index (κ2) is 6.97. The number of nitrogen functional groups attached to an aromatic ring is 1. The Labute approximate surface area is 124 Å². The molecular formula is C15H21N3O3. The van der Waals surface area contributed by atoms with E-state index < -0.39 is 0 Å². The van der Waals surface area contributed by atoms with Gasteiger partial charge >= 0.3 is 0 Å². The molecule has 6 nitrogen and oxygen atoms in total. The zero-order valence-electron chi connectivity index (χ0n) is 12.0. The molecular weight excluding hydrogens is 270 g/mol. The van der Waals surface area contributed by atoms with E-state index in [-0.39, 0.29) is 24.2 Å². The number of primary amides is 1. The smallest absolute Gasteiger partial charge is 0.226 e. The first-order valence-corrected chi connectivity index (χ1v) is 7.11. The Kier molecular flexibility index (Phi) is 5.03. The van der Waals surface area contributed by atoms with Crippen molar-refractivity contribution in [1.29, 1.82) is 0 Å². The molecule has 1 aromatic carbocycles. The highest BCUT2D eigenvalue weighted by Crippen LogP contribution is 2.17. The molecule has 0 aromatic heterocycles. The van der Waals surface area contributed by atoms with Crippen LogP contribution in [0.5, 0.6) is 5.75 Å². The summed E-state index contributed by atoms with van der Waals surface area (Å²) in [6.07, 6.45) is 1.87. The molecule has 0 radical (unpaired) electrons. The van der Waals surface area contributed by atoms with Crippen LogP contribution in [0.4, 0.5) is 5.69 Å². The number of rotatable bonds is 5. The summed E-state index contributed by atoms with van der Waals surface area (Å²) in [6.45, 7) is 1.42. The minimum Gasteiger partial charge on any atom is -0.493 e. The number of likely N-dealkylation sites (tertiary alicyclic amines) is 1. The number of nitrogens with two attached hydrogens (primary N) is 2. The summed E-state index contributed by atoms with van der Waals surface area (Å²) in [6, 6.07) is 7.03. The molecule has 2 rings (SSSR count). The molecule has 2 amide bonds. The Bertz CT molecular complexity index is 501. The first kappa shape index (κ1) is 15.2. The van der Waals surface area contributed by atoms with Crippen LogP contribution in [0.1, 0.15) is 19.3 Å². The molecule has 0 aliphatic carbocycles. The molecule has 1 unspecified atom stereocenters. The van der Waals surface area contributed by atoms with Crippen molar-refractivity contribution < 1.29 is 14.3 Å². The van der Waals surface area contributed by atoms with E-state index in [1.54, 1.807) is 29.2 Å². The van der Waals surface area contributed by atoms with Gasteiger partial charge < -0.3 is 21.1 Å². The monoisotopic (exact) mass is 291 g/mol. The van der Waals surface area contributed by atoms with Gasteiger partial charge in [0, 0.05) is 18.8 Å². The van der Waals surface area contributed by atoms with E-state index in [1.807, 2.05) is 0 Å². The van der Waals surface area contributed by atoms with E-state index in [9.17, 15) is 9.59 Å². The molecule has 1 atom stereocenters. The molecule has 0 saturated carbocycles. The number of carbonyl (C=O) groups is 2. The third-order valence-corrected chi connectivity index (χ3v) is 3.64. The molecule has 1 saturated heterocycles. The van der Waals surface area contributed by atoms with E-state index in [1.165, 1.54) is 0 Å². The van der Waals surface area contributed by atoms with Gasteiger partial charge in [-0.05, 0) is 37.1 Å². The van der Waals surface area contributed by atoms with Crippen molar-refractivity contribution in [3.63, 3.8) is 0 Å². The van der Waals surface area contributed by atoms with Crippen molar-refractivity contribution >= 4 is 17.5 Å². The molecule has 0 spiro atoms. The molecule has 6 heteroatoms. The molecule has 21 heavy (non-hydrogen) atoms. The minimum atomic E-state index is -0.328. The lowest BCUT2D eigenvalue weighted by molar-refractivity contribution is -0.135. The number of piperidine rings is 1. The zero-order valence-corrected chi connectivity index (χ0v) is 12.0. The van der Waals surface area contributed by atoms with Crippen molar-refractivity contribution in [2.75, 3.05) is 25.4 Å². The summed E-state index contributed by atoms with van der Waals surface area (Å²) in [5.74, 6) is 0.133. The van der Waals surface area contributed by atoms with E-state index >= 15 is 0 Å². The van der Waals surface area contributed by atoms with Gasteiger partial charge in [-0.25, -0.2) is 0 Å². The van der Waals surface area contributed by atoms with Crippen LogP contribution < -0.4 is 16.2 Å². The van der Waals surface area contributed by atoms with Crippen LogP contribution in [0, 0.1) is 5.92 Å². The summed E-state index contributed by atoms with van der Waals surface area (Å²) >= 11 is 0. The lowest BCUT2D eigenvalue weighted by Gasteiger charge is -2.31. The van der Waals surface area contributed by atoms with Gasteiger partial charge in [0.2, 0.25) is 11.8 Å². The predicted molar refractivity (Wildman–Crippen MR) is 79.5 cm³/mol. The van der Waals surface area contributed by atoms with Crippen LogP contribution in [0.3, 0.4) is 0 Å². The average Bonchev–Trinajstić information content (AvgIpc) is 2.49. The van der Waals surface area contributed by atoms with Crippen LogP contribution in [0.15, 0.2) is 24.3 Å². The fourth-order valence-corrected chi connectivity index (χ4v) is 2.41. The number of benzene rings is 1. The van der Waals surface area contributed by atoms with Crippen molar-refractivity contribution in [2.45, 2.75) is 19.3 Å². The van der Waals surface area contributed by atoms with Crippen LogP contribution in [-0.2, 0) is 9.59 Å². The Morgan fingerprint density at radius 1 is 1.29 bits per heavy atom. The highest BCUT2D eigenvalue weighted by atomic mass is 16.5. The number of carbonyl (C=O) groups excluding carboxylic acids is 2. The first-order chi connectivity index (χ1) is 10.1. The predicted octanol–water partition coefficient (Wildman–Crippen LogP) is 0.762. The quantitative estimate of drug-likeness (QED) is 0.782. The molecule has 114 valence electrons. The minimum absolute atomic E-state index is 0.00334. The number of hydrogen-bond acceptors (Lipinski definition) is 4. The molecule has 1 heterocycles. The van der Waals surface area contributed by atoms with Crippen LogP contribution >= 0.6 is 0 Å². The van der Waals surface area contributed by atoms with Crippen LogP contribution in [0.25, 0.3) is 0 Å². The van der Waals surface area contributed by atoms with Gasteiger partial charge in [0.05, 0.1) is 18.9 Å². The van der Waals surface area contributed by atoms with Gasteiger partial charge in [0.15, 0.2) is 0 Å². The third kappa shape index (κ3) is 4.37. The largest absolute Gasteiger partial charge is 0.493 e. The van der Waals surface area contributed by atoms with Gasteiger partial charge in [-0.15, -0.1) is 0 Å². The van der Waals surface area contributed by atoms with E-state index in [4.69, 9.17) is 16.2 Å². The zero-order chi connectivity index (χ0) is 15.2. The number of hydrogen-bond donors (Lipinski definition) is 2. The maximum Gasteiger partial charge on any atom is 0.226 e. The maximum absolute atomic E-state index is 12.1. The summed E-state index contributed by atoms with van der Waals surface area (Å²) in [5.41, 5.74) is 11.6. The fourth-order valence-electron chi connectivity index (χ4n) is 2.41. The van der Waals surface area contributed by atoms with Gasteiger partial charge in [0.25, 0.3) is 0 Å². The molecule has 0 bridgehead atoms. The van der Waals surface area contributed by atoms with Crippen molar-refractivity contribution in [3.8, 4) is 5.75 Å². The Balaban J connectivity index is 1.76. The van der Waals surface area contributed by atoms with Crippen molar-refractivity contribution in [3.05, 3.63) is 24.3 Å². The number of ether oxygens (including phenoxy) is 1. The first-order valence-electron chi connectivity index (χ1n) is 7.11. The number of amides is 2. The summed E-state index contributed by atoms with van der Waals surface area (Å²) in [5, 5.41) is 0. The Morgan fingerprint density at radius 2 is 2.00 bits per heavy atom. The second-order valence-corrected chi connectivity index (χ2v) is 5.25. The molecule has 1 aliphatic heterocycles. The van der Waals surface area contributed by atoms with Gasteiger partial charge in [-0.3, -0.25) is 9.59 Å². The molecule has 4 N–H and O–H groups in total. The summed E-state index contributed by atoms with van der Waals surface area (Å²) < 4.78 is 5.50. The van der Waals surface area contributed by atoms with Crippen molar-refractivity contribution in [2.24, 2.45) is 11.7 Å². The van der Waals surface area contributed by atoms with Gasteiger partial charge in [-0.1, -0.05) is 0 Å². The highest BCUT2D eigenvalue weighted by Gasteiger charge is 2.26. The molecule has 1 fully saturated rings. The lowest BCUT2D eigenvalue weighted by atomic mass is 9.97. The fraction of sp³-hybridized carbons (Fsp3) is 0.467. The average molecular weight is 291 g/mol. The van der Waals surface area contributed by atoms with Gasteiger partial charge in [-0.2, -0.15) is 0 Å². The lowest BCUT2D eigenvalue weighted by Crippen LogP contribution is -2.44. The van der Waals surface area contributed by atoms with Crippen molar-refractivity contribution in [1.82, 2.24) is 4.90 Å². The topological polar surface area (TPSA) is 98.7 Å². The number of nitrogens with zero attached hydrogens (tertiary/aromatic N) is 1. The Hall–Kier alpha value is -2.24. The van der Waals surface area contributed by atoms with E-state index in [0.29, 0.717) is 31.1 Å². The standard InChI is InChI=1S/C15H21N3O3/c16-12-3-5-13(6-4-12)21-9-7-14(19)18-8-1-2-11(10-18)15(17)20/h3-6,11H,1-2,7-10,16H2,(H2,17,20). The second-order valence-electron chi connectivity index (χ2n) is 5.25. The third-order valence-electron chi connectivity index (χ3n) is 3.64. The summed E-state index contributed by atoms with van der Waals surface area (Å²) in [4.78, 5) is 25.0. The Morgan fingerprint density at radius 3 is 2.67 bits per heavy atom. The maximum atomic E-state index is 12.1. The SMILES string of the molecule is NC(=O)C1CCCN(C(=O)CCOc2ccc(N)cc2)C1.